The van der Waals surface area contributed by atoms with E-state index in [2.05, 4.69) is 5.32 Å². The van der Waals surface area contributed by atoms with Gasteiger partial charge in [-0.1, -0.05) is 24.6 Å². The van der Waals surface area contributed by atoms with E-state index in [9.17, 15) is 24.4 Å². The Hall–Kier alpha value is -4.49. The molecule has 38 heavy (non-hydrogen) atoms. The monoisotopic (exact) mass is 519 g/mol. The van der Waals surface area contributed by atoms with Crippen LogP contribution >= 0.6 is 0 Å². The Morgan fingerprint density at radius 1 is 1.00 bits per heavy atom. The average Bonchev–Trinajstić information content (AvgIpc) is 3.17. The molecule has 3 rings (SSSR count). The van der Waals surface area contributed by atoms with Crippen molar-refractivity contribution in [3.8, 4) is 17.6 Å². The molecule has 1 aliphatic heterocycles. The number of carbonyl (C=O) groups is 4. The SMILES string of the molecule is COCCNC(=O)/C(C#N)=C/c1ccc(OC(=O)CCCCCN2C(=O)c3ccccc3C2=O)c(OC)c1. The highest BCUT2D eigenvalue weighted by molar-refractivity contribution is 6.21. The molecule has 0 radical (unpaired) electrons. The minimum atomic E-state index is -0.526. The molecular weight excluding hydrogens is 490 g/mol. The Balaban J connectivity index is 1.48. The van der Waals surface area contributed by atoms with Crippen molar-refractivity contribution in [1.82, 2.24) is 10.2 Å². The summed E-state index contributed by atoms with van der Waals surface area (Å²) in [6.07, 6.45) is 3.28. The van der Waals surface area contributed by atoms with Crippen LogP contribution < -0.4 is 14.8 Å². The molecule has 0 aliphatic carbocycles. The normalized spacial score (nSPS) is 12.7. The lowest BCUT2D eigenvalue weighted by atomic mass is 10.1. The van der Waals surface area contributed by atoms with Crippen LogP contribution in [0.2, 0.25) is 0 Å². The Labute approximate surface area is 220 Å². The number of fused-ring (bicyclic) bond motifs is 1. The van der Waals surface area contributed by atoms with Gasteiger partial charge in [0.25, 0.3) is 17.7 Å². The van der Waals surface area contributed by atoms with Gasteiger partial charge in [0.2, 0.25) is 0 Å². The fourth-order valence-corrected chi connectivity index (χ4v) is 3.87. The van der Waals surface area contributed by atoms with Crippen molar-refractivity contribution in [2.75, 3.05) is 33.9 Å². The van der Waals surface area contributed by atoms with Crippen LogP contribution in [0.25, 0.3) is 6.08 Å². The molecule has 2 aromatic carbocycles. The number of imide groups is 1. The first-order chi connectivity index (χ1) is 18.4. The second-order valence-electron chi connectivity index (χ2n) is 8.42. The van der Waals surface area contributed by atoms with Gasteiger partial charge in [0.1, 0.15) is 11.6 Å². The van der Waals surface area contributed by atoms with Crippen molar-refractivity contribution in [2.45, 2.75) is 25.7 Å². The predicted molar refractivity (Wildman–Crippen MR) is 137 cm³/mol. The second-order valence-corrected chi connectivity index (χ2v) is 8.42. The average molecular weight is 520 g/mol. The number of methoxy groups -OCH3 is 2. The lowest BCUT2D eigenvalue weighted by Gasteiger charge is -2.13. The zero-order chi connectivity index (χ0) is 27.5. The smallest absolute Gasteiger partial charge is 0.311 e. The number of amides is 3. The van der Waals surface area contributed by atoms with Gasteiger partial charge in [-0.3, -0.25) is 24.1 Å². The summed E-state index contributed by atoms with van der Waals surface area (Å²) in [5, 5.41) is 11.9. The molecule has 0 saturated carbocycles. The number of carbonyl (C=O) groups excluding carboxylic acids is 4. The molecule has 0 fully saturated rings. The third kappa shape index (κ3) is 7.05. The van der Waals surface area contributed by atoms with Gasteiger partial charge in [0, 0.05) is 26.6 Å². The maximum absolute atomic E-state index is 12.4. The largest absolute Gasteiger partial charge is 0.493 e. The molecule has 0 unspecified atom stereocenters. The number of nitrogens with zero attached hydrogens (tertiary/aromatic N) is 2. The molecule has 10 heteroatoms. The number of esters is 1. The Kier molecular flexibility index (Phi) is 10.1. The summed E-state index contributed by atoms with van der Waals surface area (Å²) in [4.78, 5) is 50.5. The van der Waals surface area contributed by atoms with Gasteiger partial charge >= 0.3 is 5.97 Å². The van der Waals surface area contributed by atoms with Crippen molar-refractivity contribution < 1.29 is 33.4 Å². The molecule has 10 nitrogen and oxygen atoms in total. The van der Waals surface area contributed by atoms with Crippen molar-refractivity contribution in [3.05, 3.63) is 64.7 Å². The minimum Gasteiger partial charge on any atom is -0.493 e. The zero-order valence-corrected chi connectivity index (χ0v) is 21.3. The first-order valence-electron chi connectivity index (χ1n) is 12.1. The van der Waals surface area contributed by atoms with E-state index < -0.39 is 11.9 Å². The maximum Gasteiger partial charge on any atom is 0.311 e. The molecule has 0 atom stereocenters. The first kappa shape index (κ1) is 28.1. The van der Waals surface area contributed by atoms with Crippen LogP contribution in [0.3, 0.4) is 0 Å². The van der Waals surface area contributed by atoms with E-state index in [1.165, 1.54) is 31.3 Å². The number of nitriles is 1. The third-order valence-corrected chi connectivity index (χ3v) is 5.82. The van der Waals surface area contributed by atoms with Crippen molar-refractivity contribution >= 4 is 29.8 Å². The van der Waals surface area contributed by atoms with Crippen LogP contribution in [0.1, 0.15) is 52.0 Å². The van der Waals surface area contributed by atoms with Crippen LogP contribution in [0.15, 0.2) is 48.0 Å². The van der Waals surface area contributed by atoms with E-state index >= 15 is 0 Å². The molecule has 1 aliphatic rings. The molecule has 1 heterocycles. The van der Waals surface area contributed by atoms with Gasteiger partial charge in [-0.15, -0.1) is 0 Å². The summed E-state index contributed by atoms with van der Waals surface area (Å²) in [5.74, 6) is -1.07. The number of unbranched alkanes of at least 4 members (excludes halogenated alkanes) is 2. The summed E-state index contributed by atoms with van der Waals surface area (Å²) in [6, 6.07) is 13.3. The Bertz CT molecular complexity index is 1240. The number of hydrogen-bond donors (Lipinski definition) is 1. The number of hydrogen-bond acceptors (Lipinski definition) is 8. The second kappa shape index (κ2) is 13.7. The molecule has 0 spiro atoms. The van der Waals surface area contributed by atoms with Crippen LogP contribution in [-0.2, 0) is 14.3 Å². The van der Waals surface area contributed by atoms with Crippen molar-refractivity contribution in [1.29, 1.82) is 5.26 Å². The van der Waals surface area contributed by atoms with E-state index in [0.717, 1.165) is 0 Å². The van der Waals surface area contributed by atoms with E-state index in [1.54, 1.807) is 36.4 Å². The molecule has 1 N–H and O–H groups in total. The summed E-state index contributed by atoms with van der Waals surface area (Å²) in [6.45, 7) is 0.888. The molecule has 2 aromatic rings. The van der Waals surface area contributed by atoms with Crippen molar-refractivity contribution in [3.63, 3.8) is 0 Å². The Morgan fingerprint density at radius 2 is 1.71 bits per heavy atom. The summed E-state index contributed by atoms with van der Waals surface area (Å²) < 4.78 is 15.6. The molecular formula is C28H29N3O7. The number of nitrogens with one attached hydrogen (secondary N) is 1. The van der Waals surface area contributed by atoms with E-state index in [-0.39, 0.29) is 41.9 Å². The van der Waals surface area contributed by atoms with E-state index in [4.69, 9.17) is 14.2 Å². The van der Waals surface area contributed by atoms with Crippen LogP contribution in [-0.4, -0.2) is 62.5 Å². The standard InChI is InChI=1S/C28H29N3O7/c1-36-15-13-30-26(33)20(18-29)16-19-11-12-23(24(17-19)37-2)38-25(32)10-4-3-7-14-31-27(34)21-8-5-6-9-22(21)28(31)35/h5-6,8-9,11-12,16-17H,3-4,7,10,13-15H2,1-2H3,(H,30,33)/b20-16+. The lowest BCUT2D eigenvalue weighted by Crippen LogP contribution is -2.30. The van der Waals surface area contributed by atoms with Gasteiger partial charge < -0.3 is 19.5 Å². The Morgan fingerprint density at radius 3 is 2.34 bits per heavy atom. The summed E-state index contributed by atoms with van der Waals surface area (Å²) >= 11 is 0. The number of ether oxygens (including phenoxy) is 3. The van der Waals surface area contributed by atoms with Crippen LogP contribution in [0.4, 0.5) is 0 Å². The van der Waals surface area contributed by atoms with Gasteiger partial charge in [-0.2, -0.15) is 5.26 Å². The fourth-order valence-electron chi connectivity index (χ4n) is 3.87. The van der Waals surface area contributed by atoms with E-state index in [1.807, 2.05) is 6.07 Å². The summed E-state index contributed by atoms with van der Waals surface area (Å²) in [5.41, 5.74) is 1.28. The molecule has 0 bridgehead atoms. The molecule has 3 amide bonds. The molecule has 0 aromatic heterocycles. The van der Waals surface area contributed by atoms with Crippen LogP contribution in [0.5, 0.6) is 11.5 Å². The van der Waals surface area contributed by atoms with Gasteiger partial charge in [0.15, 0.2) is 11.5 Å². The molecule has 0 saturated heterocycles. The quantitative estimate of drug-likeness (QED) is 0.107. The van der Waals surface area contributed by atoms with Crippen LogP contribution in [0, 0.1) is 11.3 Å². The van der Waals surface area contributed by atoms with Gasteiger partial charge in [-0.25, -0.2) is 0 Å². The maximum atomic E-state index is 12.4. The highest BCUT2D eigenvalue weighted by Gasteiger charge is 2.34. The van der Waals surface area contributed by atoms with Crippen molar-refractivity contribution in [2.24, 2.45) is 0 Å². The lowest BCUT2D eigenvalue weighted by molar-refractivity contribution is -0.134. The highest BCUT2D eigenvalue weighted by atomic mass is 16.6. The summed E-state index contributed by atoms with van der Waals surface area (Å²) in [7, 11) is 2.93. The third-order valence-electron chi connectivity index (χ3n) is 5.82. The van der Waals surface area contributed by atoms with E-state index in [0.29, 0.717) is 49.1 Å². The number of rotatable bonds is 13. The van der Waals surface area contributed by atoms with Gasteiger partial charge in [0.05, 0.1) is 24.8 Å². The van der Waals surface area contributed by atoms with Gasteiger partial charge in [-0.05, 0) is 48.7 Å². The predicted octanol–water partition coefficient (Wildman–Crippen LogP) is 3.13. The highest BCUT2D eigenvalue weighted by Crippen LogP contribution is 2.29. The zero-order valence-electron chi connectivity index (χ0n) is 21.3. The fraction of sp³-hybridized carbons (Fsp3) is 0.321. The minimum absolute atomic E-state index is 0.0888. The molecule has 198 valence electrons. The number of benzene rings is 2. The topological polar surface area (TPSA) is 135 Å². The first-order valence-corrected chi connectivity index (χ1v) is 12.1.